The van der Waals surface area contributed by atoms with Crippen LogP contribution < -0.4 is 4.90 Å². The van der Waals surface area contributed by atoms with Crippen LogP contribution in [-0.2, 0) is 0 Å². The summed E-state index contributed by atoms with van der Waals surface area (Å²) in [6.45, 7) is 0. The third kappa shape index (κ3) is 0.903. The maximum Gasteiger partial charge on any atom is 0.200 e. The summed E-state index contributed by atoms with van der Waals surface area (Å²) in [4.78, 5) is 1.98. The van der Waals surface area contributed by atoms with Crippen molar-refractivity contribution in [2.45, 2.75) is 0 Å². The average Bonchev–Trinajstić information content (AvgIpc) is 2.49. The van der Waals surface area contributed by atoms with E-state index < -0.39 is 0 Å². The molecular weight excluding hydrogens is 154 g/mol. The Balaban J connectivity index is 2.73. The van der Waals surface area contributed by atoms with Gasteiger partial charge in [0.2, 0.25) is 5.65 Å². The van der Waals surface area contributed by atoms with Crippen LogP contribution >= 0.6 is 0 Å². The Hall–Kier alpha value is -1.65. The van der Waals surface area contributed by atoms with Crippen LogP contribution in [0, 0.1) is 0 Å². The summed E-state index contributed by atoms with van der Waals surface area (Å²) < 4.78 is 1.65. The van der Waals surface area contributed by atoms with Gasteiger partial charge in [-0.2, -0.15) is 9.61 Å². The van der Waals surface area contributed by atoms with E-state index in [0.29, 0.717) is 0 Å². The highest BCUT2D eigenvalue weighted by Crippen LogP contribution is 2.14. The van der Waals surface area contributed by atoms with Crippen LogP contribution in [0.3, 0.4) is 0 Å². The van der Waals surface area contributed by atoms with Gasteiger partial charge in [0.1, 0.15) is 6.33 Å². The second-order valence-corrected chi connectivity index (χ2v) is 2.71. The smallest absolute Gasteiger partial charge is 0.200 e. The van der Waals surface area contributed by atoms with E-state index in [1.54, 1.807) is 17.0 Å². The summed E-state index contributed by atoms with van der Waals surface area (Å²) in [5.74, 6) is 0. The Labute approximate surface area is 69.6 Å². The molecule has 5 heteroatoms. The second-order valence-electron chi connectivity index (χ2n) is 2.71. The predicted octanol–water partition coefficient (Wildman–Crippen LogP) is 0.190. The minimum absolute atomic E-state index is 0.780. The summed E-state index contributed by atoms with van der Waals surface area (Å²) in [6.07, 6.45) is 3.31. The normalized spacial score (nSPS) is 10.5. The standard InChI is InChI=1S/C7H9N5/c1-11(2)6-3-4-9-12-5-8-10-7(6)12/h3-5H,1-2H3. The first-order chi connectivity index (χ1) is 5.79. The predicted molar refractivity (Wildman–Crippen MR) is 45.1 cm³/mol. The lowest BCUT2D eigenvalue weighted by atomic mass is 10.4. The zero-order valence-corrected chi connectivity index (χ0v) is 6.97. The Morgan fingerprint density at radius 1 is 1.42 bits per heavy atom. The van der Waals surface area contributed by atoms with Gasteiger partial charge >= 0.3 is 0 Å². The molecule has 0 aromatic carbocycles. The van der Waals surface area contributed by atoms with E-state index in [1.807, 2.05) is 25.1 Å². The van der Waals surface area contributed by atoms with Crippen molar-refractivity contribution in [3.05, 3.63) is 18.6 Å². The van der Waals surface area contributed by atoms with Gasteiger partial charge in [-0.25, -0.2) is 0 Å². The maximum atomic E-state index is 4.05. The molecule has 62 valence electrons. The van der Waals surface area contributed by atoms with Crippen molar-refractivity contribution in [2.75, 3.05) is 19.0 Å². The minimum atomic E-state index is 0.780. The van der Waals surface area contributed by atoms with Gasteiger partial charge in [-0.1, -0.05) is 0 Å². The summed E-state index contributed by atoms with van der Waals surface area (Å²) >= 11 is 0. The third-order valence-corrected chi connectivity index (χ3v) is 1.66. The first-order valence-electron chi connectivity index (χ1n) is 3.61. The number of rotatable bonds is 1. The highest BCUT2D eigenvalue weighted by atomic mass is 15.3. The molecule has 0 saturated carbocycles. The van der Waals surface area contributed by atoms with E-state index in [0.717, 1.165) is 11.3 Å². The van der Waals surface area contributed by atoms with Crippen LogP contribution in [-0.4, -0.2) is 33.9 Å². The number of fused-ring (bicyclic) bond motifs is 1. The molecule has 0 N–H and O–H groups in total. The summed E-state index contributed by atoms with van der Waals surface area (Å²) in [7, 11) is 3.92. The molecule has 0 amide bonds. The second kappa shape index (κ2) is 2.44. The lowest BCUT2D eigenvalue weighted by molar-refractivity contribution is 0.919. The summed E-state index contributed by atoms with van der Waals surface area (Å²) in [5.41, 5.74) is 1.80. The number of nitrogens with zero attached hydrogens (tertiary/aromatic N) is 5. The molecule has 2 aromatic heterocycles. The van der Waals surface area contributed by atoms with Crippen molar-refractivity contribution < 1.29 is 0 Å². The molecule has 0 radical (unpaired) electrons. The molecule has 12 heavy (non-hydrogen) atoms. The van der Waals surface area contributed by atoms with Crippen molar-refractivity contribution in [1.82, 2.24) is 19.8 Å². The van der Waals surface area contributed by atoms with Gasteiger partial charge in [0.15, 0.2) is 0 Å². The fraction of sp³-hybridized carbons (Fsp3) is 0.286. The third-order valence-electron chi connectivity index (χ3n) is 1.66. The highest BCUT2D eigenvalue weighted by Gasteiger charge is 2.04. The molecule has 0 bridgehead atoms. The largest absolute Gasteiger partial charge is 0.375 e. The molecule has 2 heterocycles. The van der Waals surface area contributed by atoms with Gasteiger partial charge in [0, 0.05) is 14.1 Å². The lowest BCUT2D eigenvalue weighted by Gasteiger charge is -2.11. The Morgan fingerprint density at radius 3 is 3.00 bits per heavy atom. The monoisotopic (exact) mass is 163 g/mol. The number of hydrogen-bond acceptors (Lipinski definition) is 4. The summed E-state index contributed by atoms with van der Waals surface area (Å²) in [6, 6.07) is 1.91. The van der Waals surface area contributed by atoms with Gasteiger partial charge in [0.25, 0.3) is 0 Å². The van der Waals surface area contributed by atoms with Crippen LogP contribution in [0.25, 0.3) is 5.65 Å². The zero-order valence-electron chi connectivity index (χ0n) is 6.97. The molecule has 0 atom stereocenters. The van der Waals surface area contributed by atoms with Crippen molar-refractivity contribution >= 4 is 11.3 Å². The Kier molecular flexibility index (Phi) is 1.43. The molecule has 2 rings (SSSR count). The van der Waals surface area contributed by atoms with Crippen LogP contribution in [0.1, 0.15) is 0 Å². The van der Waals surface area contributed by atoms with Crippen LogP contribution in [0.15, 0.2) is 18.6 Å². The van der Waals surface area contributed by atoms with E-state index in [4.69, 9.17) is 0 Å². The fourth-order valence-corrected chi connectivity index (χ4v) is 1.08. The molecule has 0 fully saturated rings. The minimum Gasteiger partial charge on any atom is -0.375 e. The molecule has 0 spiro atoms. The van der Waals surface area contributed by atoms with Crippen molar-refractivity contribution in [3.63, 3.8) is 0 Å². The van der Waals surface area contributed by atoms with E-state index in [2.05, 4.69) is 15.3 Å². The van der Waals surface area contributed by atoms with Gasteiger partial charge < -0.3 is 4.90 Å². The van der Waals surface area contributed by atoms with Crippen molar-refractivity contribution in [1.29, 1.82) is 0 Å². The number of aromatic nitrogens is 4. The van der Waals surface area contributed by atoms with Crippen molar-refractivity contribution in [2.24, 2.45) is 0 Å². The number of anilines is 1. The lowest BCUT2D eigenvalue weighted by Crippen LogP contribution is -2.10. The maximum absolute atomic E-state index is 4.05. The van der Waals surface area contributed by atoms with Crippen LogP contribution in [0.4, 0.5) is 5.69 Å². The molecule has 0 unspecified atom stereocenters. The van der Waals surface area contributed by atoms with Gasteiger partial charge in [-0.15, -0.1) is 10.2 Å². The fourth-order valence-electron chi connectivity index (χ4n) is 1.08. The van der Waals surface area contributed by atoms with Gasteiger partial charge in [-0.3, -0.25) is 0 Å². The highest BCUT2D eigenvalue weighted by molar-refractivity contribution is 5.66. The quantitative estimate of drug-likeness (QED) is 0.602. The topological polar surface area (TPSA) is 46.3 Å². The molecular formula is C7H9N5. The molecule has 2 aromatic rings. The van der Waals surface area contributed by atoms with Crippen molar-refractivity contribution in [3.8, 4) is 0 Å². The van der Waals surface area contributed by atoms with Crippen LogP contribution in [0.5, 0.6) is 0 Å². The van der Waals surface area contributed by atoms with E-state index in [1.165, 1.54) is 0 Å². The van der Waals surface area contributed by atoms with Gasteiger partial charge in [-0.05, 0) is 6.07 Å². The van der Waals surface area contributed by atoms with Crippen LogP contribution in [0.2, 0.25) is 0 Å². The molecule has 5 nitrogen and oxygen atoms in total. The Morgan fingerprint density at radius 2 is 2.25 bits per heavy atom. The van der Waals surface area contributed by atoms with E-state index in [-0.39, 0.29) is 0 Å². The summed E-state index contributed by atoms with van der Waals surface area (Å²) in [5, 5.41) is 11.8. The average molecular weight is 163 g/mol. The molecule has 0 saturated heterocycles. The SMILES string of the molecule is CN(C)c1ccnn2cnnc12. The van der Waals surface area contributed by atoms with E-state index in [9.17, 15) is 0 Å². The Bertz CT molecular complexity index is 391. The molecule has 0 aliphatic heterocycles. The number of hydrogen-bond donors (Lipinski definition) is 0. The molecule has 0 aliphatic carbocycles. The van der Waals surface area contributed by atoms with E-state index >= 15 is 0 Å². The molecule has 0 aliphatic rings. The van der Waals surface area contributed by atoms with Gasteiger partial charge in [0.05, 0.1) is 11.9 Å². The zero-order chi connectivity index (χ0) is 8.55. The first-order valence-corrected chi connectivity index (χ1v) is 3.61. The first kappa shape index (κ1) is 7.02.